The van der Waals surface area contributed by atoms with Crippen LogP contribution in [0.4, 0.5) is 0 Å². The highest BCUT2D eigenvalue weighted by molar-refractivity contribution is 5.82. The molecule has 2 atom stereocenters. The molecule has 0 saturated heterocycles. The molecular formula is C17H24N2. The molecular weight excluding hydrogens is 232 g/mol. The van der Waals surface area contributed by atoms with E-state index in [-0.39, 0.29) is 0 Å². The van der Waals surface area contributed by atoms with E-state index in [1.54, 1.807) is 0 Å². The first kappa shape index (κ1) is 14.0. The third kappa shape index (κ3) is 3.13. The van der Waals surface area contributed by atoms with Crippen molar-refractivity contribution in [2.24, 2.45) is 5.92 Å². The average molecular weight is 256 g/mol. The number of rotatable bonds is 5. The van der Waals surface area contributed by atoms with Crippen molar-refractivity contribution in [1.82, 2.24) is 10.3 Å². The van der Waals surface area contributed by atoms with Gasteiger partial charge < -0.3 is 5.32 Å². The Kier molecular flexibility index (Phi) is 4.54. The molecule has 0 aliphatic heterocycles. The Morgan fingerprint density at radius 2 is 2.00 bits per heavy atom. The molecule has 2 aromatic rings. The van der Waals surface area contributed by atoms with Gasteiger partial charge in [-0.05, 0) is 44.0 Å². The first-order valence-electron chi connectivity index (χ1n) is 7.19. The van der Waals surface area contributed by atoms with Crippen molar-refractivity contribution in [3.63, 3.8) is 0 Å². The van der Waals surface area contributed by atoms with E-state index in [1.165, 1.54) is 23.1 Å². The molecule has 1 N–H and O–H groups in total. The van der Waals surface area contributed by atoms with Gasteiger partial charge in [-0.25, -0.2) is 0 Å². The number of nitrogens with zero attached hydrogens (tertiary/aromatic N) is 1. The first-order valence-corrected chi connectivity index (χ1v) is 7.19. The Morgan fingerprint density at radius 3 is 2.68 bits per heavy atom. The Hall–Kier alpha value is -1.41. The van der Waals surface area contributed by atoms with E-state index in [1.807, 2.05) is 7.05 Å². The summed E-state index contributed by atoms with van der Waals surface area (Å²) in [4.78, 5) is 4.83. The van der Waals surface area contributed by atoms with Crippen LogP contribution in [-0.2, 0) is 0 Å². The average Bonchev–Trinajstić information content (AvgIpc) is 2.44. The Morgan fingerprint density at radius 1 is 1.26 bits per heavy atom. The second-order valence-electron chi connectivity index (χ2n) is 5.47. The van der Waals surface area contributed by atoms with Gasteiger partial charge in [-0.15, -0.1) is 0 Å². The normalized spacial score (nSPS) is 14.5. The lowest BCUT2D eigenvalue weighted by Crippen LogP contribution is -2.20. The topological polar surface area (TPSA) is 24.9 Å². The van der Waals surface area contributed by atoms with Crippen LogP contribution in [0.2, 0.25) is 0 Å². The molecule has 1 aromatic heterocycles. The monoisotopic (exact) mass is 256 g/mol. The maximum Gasteiger partial charge on any atom is 0.0708 e. The number of hydrogen-bond acceptors (Lipinski definition) is 2. The fraction of sp³-hybridized carbons (Fsp3) is 0.471. The molecule has 0 spiro atoms. The number of para-hydroxylation sites is 1. The third-order valence-corrected chi connectivity index (χ3v) is 3.98. The Bertz CT molecular complexity index is 548. The van der Waals surface area contributed by atoms with Crippen LogP contribution in [0.1, 0.15) is 44.0 Å². The number of nitrogens with one attached hydrogen (secondary N) is 1. The highest BCUT2D eigenvalue weighted by Crippen LogP contribution is 2.25. The van der Waals surface area contributed by atoms with Crippen LogP contribution >= 0.6 is 0 Å². The number of pyridine rings is 1. The molecule has 0 bridgehead atoms. The van der Waals surface area contributed by atoms with Gasteiger partial charge in [0, 0.05) is 11.4 Å². The molecule has 0 saturated carbocycles. The summed E-state index contributed by atoms with van der Waals surface area (Å²) in [5.74, 6) is 0.714. The smallest absolute Gasteiger partial charge is 0.0708 e. The molecule has 102 valence electrons. The molecule has 0 aliphatic carbocycles. The van der Waals surface area contributed by atoms with Crippen LogP contribution in [0.25, 0.3) is 10.9 Å². The Labute approximate surface area is 116 Å². The zero-order chi connectivity index (χ0) is 13.8. The maximum absolute atomic E-state index is 4.83. The third-order valence-electron chi connectivity index (χ3n) is 3.98. The Balaban J connectivity index is 2.38. The van der Waals surface area contributed by atoms with E-state index in [4.69, 9.17) is 4.98 Å². The lowest BCUT2D eigenvalue weighted by Gasteiger charge is -2.20. The molecule has 2 rings (SSSR count). The minimum atomic E-state index is 0.346. The zero-order valence-corrected chi connectivity index (χ0v) is 12.4. The van der Waals surface area contributed by atoms with Crippen molar-refractivity contribution >= 4 is 10.9 Å². The molecule has 0 radical (unpaired) electrons. The van der Waals surface area contributed by atoms with Crippen LogP contribution in [0, 0.1) is 12.8 Å². The minimum absolute atomic E-state index is 0.346. The van der Waals surface area contributed by atoms with Crippen molar-refractivity contribution in [3.05, 3.63) is 41.6 Å². The number of benzene rings is 1. The fourth-order valence-corrected chi connectivity index (χ4v) is 2.51. The van der Waals surface area contributed by atoms with Crippen LogP contribution in [0.5, 0.6) is 0 Å². The summed E-state index contributed by atoms with van der Waals surface area (Å²) < 4.78 is 0. The summed E-state index contributed by atoms with van der Waals surface area (Å²) >= 11 is 0. The van der Waals surface area contributed by atoms with Gasteiger partial charge in [0.05, 0.1) is 11.2 Å². The SMILES string of the molecule is CCC(C)CC(NC)c1cc(C)c2ccccc2n1. The summed E-state index contributed by atoms with van der Waals surface area (Å²) in [6, 6.07) is 10.9. The standard InChI is InChI=1S/C17H24N2/c1-5-12(2)10-16(18-4)17-11-13(3)14-8-6-7-9-15(14)19-17/h6-9,11-12,16,18H,5,10H2,1-4H3. The molecule has 2 unspecified atom stereocenters. The molecule has 0 aliphatic rings. The van der Waals surface area contributed by atoms with Crippen LogP contribution in [0.3, 0.4) is 0 Å². The van der Waals surface area contributed by atoms with Gasteiger partial charge in [-0.2, -0.15) is 0 Å². The van der Waals surface area contributed by atoms with Gasteiger partial charge >= 0.3 is 0 Å². The molecule has 19 heavy (non-hydrogen) atoms. The largest absolute Gasteiger partial charge is 0.312 e. The van der Waals surface area contributed by atoms with Gasteiger partial charge in [0.2, 0.25) is 0 Å². The number of fused-ring (bicyclic) bond motifs is 1. The van der Waals surface area contributed by atoms with E-state index in [2.05, 4.69) is 56.4 Å². The van der Waals surface area contributed by atoms with Crippen molar-refractivity contribution in [3.8, 4) is 0 Å². The maximum atomic E-state index is 4.83. The van der Waals surface area contributed by atoms with Crippen molar-refractivity contribution in [2.75, 3.05) is 7.05 Å². The number of hydrogen-bond donors (Lipinski definition) is 1. The second-order valence-corrected chi connectivity index (χ2v) is 5.47. The molecule has 2 heteroatoms. The lowest BCUT2D eigenvalue weighted by atomic mass is 9.96. The molecule has 1 heterocycles. The van der Waals surface area contributed by atoms with E-state index < -0.39 is 0 Å². The van der Waals surface area contributed by atoms with E-state index in [0.717, 1.165) is 11.9 Å². The highest BCUT2D eigenvalue weighted by atomic mass is 14.9. The molecule has 2 nitrogen and oxygen atoms in total. The van der Waals surface area contributed by atoms with Gasteiger partial charge in [0.25, 0.3) is 0 Å². The van der Waals surface area contributed by atoms with Crippen molar-refractivity contribution in [2.45, 2.75) is 39.7 Å². The summed E-state index contributed by atoms with van der Waals surface area (Å²) in [6.07, 6.45) is 2.35. The molecule has 0 amide bonds. The lowest BCUT2D eigenvalue weighted by molar-refractivity contribution is 0.416. The second kappa shape index (κ2) is 6.16. The van der Waals surface area contributed by atoms with Gasteiger partial charge in [0.1, 0.15) is 0 Å². The molecule has 0 fully saturated rings. The van der Waals surface area contributed by atoms with Crippen LogP contribution in [-0.4, -0.2) is 12.0 Å². The summed E-state index contributed by atoms with van der Waals surface area (Å²) in [5, 5.41) is 4.67. The number of aromatic nitrogens is 1. The first-order chi connectivity index (χ1) is 9.15. The predicted octanol–water partition coefficient (Wildman–Crippen LogP) is 4.24. The summed E-state index contributed by atoms with van der Waals surface area (Å²) in [7, 11) is 2.03. The van der Waals surface area contributed by atoms with Gasteiger partial charge in [-0.1, -0.05) is 38.5 Å². The fourth-order valence-electron chi connectivity index (χ4n) is 2.51. The zero-order valence-electron chi connectivity index (χ0n) is 12.4. The van der Waals surface area contributed by atoms with Gasteiger partial charge in [0.15, 0.2) is 0 Å². The van der Waals surface area contributed by atoms with Gasteiger partial charge in [-0.3, -0.25) is 4.98 Å². The number of aryl methyl sites for hydroxylation is 1. The van der Waals surface area contributed by atoms with E-state index in [9.17, 15) is 0 Å². The van der Waals surface area contributed by atoms with E-state index >= 15 is 0 Å². The summed E-state index contributed by atoms with van der Waals surface area (Å²) in [6.45, 7) is 6.72. The molecule has 1 aromatic carbocycles. The highest BCUT2D eigenvalue weighted by Gasteiger charge is 2.15. The quantitative estimate of drug-likeness (QED) is 0.865. The van der Waals surface area contributed by atoms with Crippen molar-refractivity contribution < 1.29 is 0 Å². The predicted molar refractivity (Wildman–Crippen MR) is 82.4 cm³/mol. The minimum Gasteiger partial charge on any atom is -0.312 e. The van der Waals surface area contributed by atoms with Crippen molar-refractivity contribution in [1.29, 1.82) is 0 Å². The van der Waals surface area contributed by atoms with Crippen LogP contribution < -0.4 is 5.32 Å². The van der Waals surface area contributed by atoms with E-state index in [0.29, 0.717) is 12.0 Å². The summed E-state index contributed by atoms with van der Waals surface area (Å²) in [5.41, 5.74) is 3.57. The van der Waals surface area contributed by atoms with Crippen LogP contribution in [0.15, 0.2) is 30.3 Å².